The van der Waals surface area contributed by atoms with E-state index in [2.05, 4.69) is 15.6 Å². The highest BCUT2D eigenvalue weighted by Crippen LogP contribution is 2.47. The van der Waals surface area contributed by atoms with Crippen molar-refractivity contribution in [1.29, 1.82) is 5.26 Å². The molecule has 3 amide bonds. The molecule has 1 aromatic carbocycles. The molecule has 2 atom stereocenters. The maximum Gasteiger partial charge on any atom is 0.319 e. The van der Waals surface area contributed by atoms with Crippen molar-refractivity contribution in [2.75, 3.05) is 35.2 Å². The summed E-state index contributed by atoms with van der Waals surface area (Å²) in [6.07, 6.45) is 3.29. The highest BCUT2D eigenvalue weighted by atomic mass is 19.1. The lowest BCUT2D eigenvalue weighted by Crippen LogP contribution is -2.59. The van der Waals surface area contributed by atoms with E-state index in [0.29, 0.717) is 55.1 Å². The molecule has 0 radical (unpaired) electrons. The van der Waals surface area contributed by atoms with E-state index < -0.39 is 17.4 Å². The molecule has 0 spiro atoms. The van der Waals surface area contributed by atoms with E-state index in [-0.39, 0.29) is 17.6 Å². The SMILES string of the molecule is CCNc1cc(F)cc2c1NC(=O)C2(CC)N1CCC[C@@H](N(C(N)=O)c2ccc(C#N)nc2)C1. The molecule has 2 aromatic rings. The number of nitrogens with two attached hydrogens (primary N) is 1. The summed E-state index contributed by atoms with van der Waals surface area (Å²) < 4.78 is 14.6. The Kier molecular flexibility index (Phi) is 6.39. The molecule has 9 nitrogen and oxygen atoms in total. The number of hydrogen-bond acceptors (Lipinski definition) is 6. The predicted molar refractivity (Wildman–Crippen MR) is 127 cm³/mol. The Morgan fingerprint density at radius 2 is 2.24 bits per heavy atom. The lowest BCUT2D eigenvalue weighted by atomic mass is 9.84. The third-order valence-corrected chi connectivity index (χ3v) is 6.72. The summed E-state index contributed by atoms with van der Waals surface area (Å²) in [5.41, 5.74) is 7.16. The van der Waals surface area contributed by atoms with E-state index in [0.717, 1.165) is 6.42 Å². The van der Waals surface area contributed by atoms with Crippen LogP contribution < -0.4 is 21.3 Å². The largest absolute Gasteiger partial charge is 0.384 e. The molecule has 10 heteroatoms. The molecule has 4 N–H and O–H groups in total. The number of rotatable bonds is 6. The molecule has 1 saturated heterocycles. The van der Waals surface area contributed by atoms with Crippen molar-refractivity contribution in [2.24, 2.45) is 5.73 Å². The van der Waals surface area contributed by atoms with Crippen LogP contribution in [0.3, 0.4) is 0 Å². The molecule has 34 heavy (non-hydrogen) atoms. The van der Waals surface area contributed by atoms with E-state index in [1.165, 1.54) is 29.3 Å². The number of halogens is 1. The van der Waals surface area contributed by atoms with Crippen LogP contribution in [-0.2, 0) is 10.3 Å². The van der Waals surface area contributed by atoms with Crippen molar-refractivity contribution in [3.63, 3.8) is 0 Å². The first-order valence-electron chi connectivity index (χ1n) is 11.4. The van der Waals surface area contributed by atoms with Crippen LogP contribution in [0, 0.1) is 17.1 Å². The minimum Gasteiger partial charge on any atom is -0.384 e. The van der Waals surface area contributed by atoms with Crippen molar-refractivity contribution in [2.45, 2.75) is 44.7 Å². The fourth-order valence-corrected chi connectivity index (χ4v) is 5.25. The van der Waals surface area contributed by atoms with Crippen molar-refractivity contribution in [3.05, 3.63) is 47.5 Å². The number of pyridine rings is 1. The monoisotopic (exact) mass is 465 g/mol. The Labute approximate surface area is 197 Å². The molecule has 2 aliphatic heterocycles. The van der Waals surface area contributed by atoms with Crippen molar-refractivity contribution >= 4 is 29.0 Å². The van der Waals surface area contributed by atoms with Gasteiger partial charge in [-0.3, -0.25) is 14.6 Å². The minimum absolute atomic E-state index is 0.207. The summed E-state index contributed by atoms with van der Waals surface area (Å²) in [4.78, 5) is 33.5. The first-order chi connectivity index (χ1) is 16.3. The normalized spacial score (nSPS) is 21.9. The van der Waals surface area contributed by atoms with Gasteiger partial charge >= 0.3 is 6.03 Å². The second-order valence-corrected chi connectivity index (χ2v) is 8.54. The Morgan fingerprint density at radius 1 is 1.44 bits per heavy atom. The predicted octanol–water partition coefficient (Wildman–Crippen LogP) is 3.13. The second kappa shape index (κ2) is 9.27. The molecule has 0 saturated carbocycles. The van der Waals surface area contributed by atoms with Gasteiger partial charge in [0, 0.05) is 18.7 Å². The van der Waals surface area contributed by atoms with Crippen LogP contribution in [-0.4, -0.2) is 47.5 Å². The molecule has 1 aromatic heterocycles. The van der Waals surface area contributed by atoms with E-state index >= 15 is 0 Å². The average molecular weight is 466 g/mol. The molecule has 4 rings (SSSR count). The summed E-state index contributed by atoms with van der Waals surface area (Å²) in [6.45, 7) is 5.39. The van der Waals surface area contributed by atoms with Crippen molar-refractivity contribution < 1.29 is 14.0 Å². The number of nitrogens with zero attached hydrogens (tertiary/aromatic N) is 4. The fraction of sp³-hybridized carbons (Fsp3) is 0.417. The van der Waals surface area contributed by atoms with E-state index in [1.54, 1.807) is 6.07 Å². The highest BCUT2D eigenvalue weighted by Gasteiger charge is 2.52. The Bertz CT molecular complexity index is 1150. The van der Waals surface area contributed by atoms with Crippen LogP contribution in [0.5, 0.6) is 0 Å². The lowest BCUT2D eigenvalue weighted by Gasteiger charge is -2.46. The molecule has 1 unspecified atom stereocenters. The van der Waals surface area contributed by atoms with Gasteiger partial charge in [-0.1, -0.05) is 6.92 Å². The number of carbonyl (C=O) groups excluding carboxylic acids is 2. The number of piperidine rings is 1. The van der Waals surface area contributed by atoms with Crippen LogP contribution >= 0.6 is 0 Å². The van der Waals surface area contributed by atoms with Gasteiger partial charge in [0.1, 0.15) is 23.1 Å². The Morgan fingerprint density at radius 3 is 2.85 bits per heavy atom. The number of fused-ring (bicyclic) bond motifs is 1. The zero-order valence-electron chi connectivity index (χ0n) is 19.3. The maximum absolute atomic E-state index is 14.6. The number of carbonyl (C=O) groups is 2. The van der Waals surface area contributed by atoms with Gasteiger partial charge in [0.15, 0.2) is 0 Å². The number of hydrogen-bond donors (Lipinski definition) is 3. The number of aromatic nitrogens is 1. The molecule has 2 aliphatic rings. The van der Waals surface area contributed by atoms with Gasteiger partial charge in [0.25, 0.3) is 0 Å². The standard InChI is InChI=1S/C24H28FN7O2/c1-3-24(19-10-15(25)11-20(28-4-2)21(19)30-22(24)33)31-9-5-6-18(14-31)32(23(27)34)17-8-7-16(12-26)29-13-17/h7-8,10-11,13,18,28H,3-6,9,14H2,1-2H3,(H2,27,34)(H,30,33)/t18-,24?/m1/s1. The zero-order valence-corrected chi connectivity index (χ0v) is 19.3. The Balaban J connectivity index is 1.71. The summed E-state index contributed by atoms with van der Waals surface area (Å²) >= 11 is 0. The number of anilines is 3. The van der Waals surface area contributed by atoms with Gasteiger partial charge in [-0.15, -0.1) is 0 Å². The zero-order chi connectivity index (χ0) is 24.5. The van der Waals surface area contributed by atoms with E-state index in [4.69, 9.17) is 11.0 Å². The Hall–Kier alpha value is -3.71. The first-order valence-corrected chi connectivity index (χ1v) is 11.4. The molecule has 1 fully saturated rings. The number of urea groups is 1. The first kappa shape index (κ1) is 23.4. The molecular weight excluding hydrogens is 437 g/mol. The van der Waals surface area contributed by atoms with Crippen LogP contribution in [0.4, 0.5) is 26.2 Å². The third-order valence-electron chi connectivity index (χ3n) is 6.72. The summed E-state index contributed by atoms with van der Waals surface area (Å²) in [5.74, 6) is -0.624. The van der Waals surface area contributed by atoms with Gasteiger partial charge in [0.05, 0.1) is 29.3 Å². The average Bonchev–Trinajstić information content (AvgIpc) is 3.12. The summed E-state index contributed by atoms with van der Waals surface area (Å²) in [5, 5.41) is 15.1. The number of primary amides is 1. The number of amides is 3. The van der Waals surface area contributed by atoms with Gasteiger partial charge < -0.3 is 16.4 Å². The molecular formula is C24H28FN7O2. The number of nitriles is 1. The van der Waals surface area contributed by atoms with Gasteiger partial charge in [-0.25, -0.2) is 14.2 Å². The summed E-state index contributed by atoms with van der Waals surface area (Å²) in [6, 6.07) is 6.99. The smallest absolute Gasteiger partial charge is 0.319 e. The number of likely N-dealkylation sites (tertiary alicyclic amines) is 1. The maximum atomic E-state index is 14.6. The fourth-order valence-electron chi connectivity index (χ4n) is 5.25. The van der Waals surface area contributed by atoms with Crippen LogP contribution in [0.2, 0.25) is 0 Å². The minimum atomic E-state index is -1.06. The second-order valence-electron chi connectivity index (χ2n) is 8.54. The van der Waals surface area contributed by atoms with E-state index in [1.807, 2.05) is 24.8 Å². The number of nitrogens with one attached hydrogen (secondary N) is 2. The van der Waals surface area contributed by atoms with Crippen LogP contribution in [0.15, 0.2) is 30.5 Å². The summed E-state index contributed by atoms with van der Waals surface area (Å²) in [7, 11) is 0. The highest BCUT2D eigenvalue weighted by molar-refractivity contribution is 6.09. The van der Waals surface area contributed by atoms with Crippen LogP contribution in [0.25, 0.3) is 0 Å². The molecule has 0 aliphatic carbocycles. The van der Waals surface area contributed by atoms with Crippen molar-refractivity contribution in [1.82, 2.24) is 9.88 Å². The van der Waals surface area contributed by atoms with Gasteiger partial charge in [-0.2, -0.15) is 5.26 Å². The third kappa shape index (κ3) is 3.82. The molecule has 0 bridgehead atoms. The van der Waals surface area contributed by atoms with Gasteiger partial charge in [-0.05, 0) is 57.0 Å². The topological polar surface area (TPSA) is 127 Å². The van der Waals surface area contributed by atoms with Crippen molar-refractivity contribution in [3.8, 4) is 6.07 Å². The molecule has 3 heterocycles. The number of benzene rings is 1. The van der Waals surface area contributed by atoms with E-state index in [9.17, 15) is 14.0 Å². The lowest BCUT2D eigenvalue weighted by molar-refractivity contribution is -0.129. The van der Waals surface area contributed by atoms with Gasteiger partial charge in [0.2, 0.25) is 5.91 Å². The molecule has 178 valence electrons. The van der Waals surface area contributed by atoms with Crippen LogP contribution in [0.1, 0.15) is 44.4 Å². The quantitative estimate of drug-likeness (QED) is 0.601.